The Kier molecular flexibility index (Phi) is 2.87. The molecule has 0 heterocycles. The summed E-state index contributed by atoms with van der Waals surface area (Å²) in [6, 6.07) is 0. The van der Waals surface area contributed by atoms with Gasteiger partial charge in [0.05, 0.1) is 0 Å². The molecular weight excluding hydrogens is 272 g/mol. The molecule has 4 fully saturated rings. The molecule has 122 valence electrons. The predicted octanol–water partition coefficient (Wildman–Crippen LogP) is 4.41. The minimum atomic E-state index is 0.0573. The van der Waals surface area contributed by atoms with Crippen LogP contribution in [-0.2, 0) is 9.59 Å². The van der Waals surface area contributed by atoms with Crippen molar-refractivity contribution in [3.63, 3.8) is 0 Å². The zero-order valence-corrected chi connectivity index (χ0v) is 14.6. The van der Waals surface area contributed by atoms with E-state index in [1.807, 2.05) is 0 Å². The summed E-state index contributed by atoms with van der Waals surface area (Å²) >= 11 is 0. The van der Waals surface area contributed by atoms with Crippen molar-refractivity contribution < 1.29 is 9.59 Å². The number of carbonyl (C=O) groups excluding carboxylic acids is 2. The predicted molar refractivity (Wildman–Crippen MR) is 86.3 cm³/mol. The van der Waals surface area contributed by atoms with E-state index >= 15 is 0 Å². The van der Waals surface area contributed by atoms with Crippen molar-refractivity contribution >= 4 is 11.6 Å². The Labute approximate surface area is 134 Å². The molecule has 2 heteroatoms. The fourth-order valence-electron chi connectivity index (χ4n) is 7.75. The van der Waals surface area contributed by atoms with Crippen LogP contribution < -0.4 is 0 Å². The third kappa shape index (κ3) is 1.73. The molecule has 0 unspecified atom stereocenters. The highest BCUT2D eigenvalue weighted by Crippen LogP contribution is 2.71. The monoisotopic (exact) mass is 302 g/mol. The summed E-state index contributed by atoms with van der Waals surface area (Å²) in [5.74, 6) is 2.88. The quantitative estimate of drug-likeness (QED) is 0.664. The van der Waals surface area contributed by atoms with Gasteiger partial charge in [-0.15, -0.1) is 0 Å². The number of rotatable bonds is 0. The SMILES string of the molecule is C[C@@H]1C[C@@]23CC[C@@H]4C(C)(C)CC(=O)C[C@@]4(C)[C@@H]2CC(=O)[C@@H]1C3. The van der Waals surface area contributed by atoms with Crippen molar-refractivity contribution in [2.75, 3.05) is 0 Å². The summed E-state index contributed by atoms with van der Waals surface area (Å²) < 4.78 is 0. The molecule has 4 aliphatic rings. The molecule has 0 amide bonds. The second-order valence-electron chi connectivity index (χ2n) is 10.1. The summed E-state index contributed by atoms with van der Waals surface area (Å²) in [6.07, 6.45) is 7.12. The number of ketones is 2. The van der Waals surface area contributed by atoms with Gasteiger partial charge in [-0.3, -0.25) is 9.59 Å². The average Bonchev–Trinajstić information content (AvgIpc) is 2.64. The number of Topliss-reactive ketones (excluding diaryl/α,β-unsaturated/α-hetero) is 2. The topological polar surface area (TPSA) is 34.1 Å². The van der Waals surface area contributed by atoms with Gasteiger partial charge in [-0.05, 0) is 59.7 Å². The first-order valence-corrected chi connectivity index (χ1v) is 9.22. The Morgan fingerprint density at radius 1 is 1.00 bits per heavy atom. The molecule has 0 aromatic carbocycles. The maximum absolute atomic E-state index is 12.7. The molecule has 4 rings (SSSR count). The van der Waals surface area contributed by atoms with Gasteiger partial charge in [-0.25, -0.2) is 0 Å². The molecule has 4 saturated carbocycles. The fourth-order valence-corrected chi connectivity index (χ4v) is 7.75. The van der Waals surface area contributed by atoms with E-state index in [9.17, 15) is 9.59 Å². The number of fused-ring (bicyclic) bond motifs is 3. The summed E-state index contributed by atoms with van der Waals surface area (Å²) in [5, 5.41) is 0. The van der Waals surface area contributed by atoms with E-state index < -0.39 is 0 Å². The van der Waals surface area contributed by atoms with Crippen molar-refractivity contribution in [1.29, 1.82) is 0 Å². The van der Waals surface area contributed by atoms with Gasteiger partial charge in [0.15, 0.2) is 0 Å². The van der Waals surface area contributed by atoms with Crippen LogP contribution in [0.1, 0.15) is 72.6 Å². The van der Waals surface area contributed by atoms with E-state index in [0.717, 1.165) is 25.7 Å². The van der Waals surface area contributed by atoms with Crippen LogP contribution in [0, 0.1) is 39.9 Å². The van der Waals surface area contributed by atoms with Gasteiger partial charge in [0.1, 0.15) is 11.6 Å². The minimum absolute atomic E-state index is 0.0573. The highest BCUT2D eigenvalue weighted by atomic mass is 16.1. The molecule has 0 saturated heterocycles. The fraction of sp³-hybridized carbons (Fsp3) is 0.900. The van der Waals surface area contributed by atoms with E-state index in [2.05, 4.69) is 27.7 Å². The molecule has 0 aromatic heterocycles. The van der Waals surface area contributed by atoms with Gasteiger partial charge in [-0.1, -0.05) is 27.7 Å². The smallest absolute Gasteiger partial charge is 0.136 e. The standard InChI is InChI=1S/C20H30O2/c1-12-8-20-6-5-16-18(2,3)9-13(21)10-19(16,4)17(20)7-15(22)14(12)11-20/h12,14,16-17H,5-11H2,1-4H3/t12-,14-,16-,17+,19-,20-/m1/s1. The van der Waals surface area contributed by atoms with Crippen LogP contribution in [-0.4, -0.2) is 11.6 Å². The van der Waals surface area contributed by atoms with Crippen LogP contribution in [0.2, 0.25) is 0 Å². The van der Waals surface area contributed by atoms with Gasteiger partial charge in [0.25, 0.3) is 0 Å². The average molecular weight is 302 g/mol. The van der Waals surface area contributed by atoms with E-state index in [0.29, 0.717) is 40.7 Å². The van der Waals surface area contributed by atoms with Crippen molar-refractivity contribution in [2.24, 2.45) is 39.9 Å². The Balaban J connectivity index is 1.79. The second-order valence-corrected chi connectivity index (χ2v) is 10.1. The normalized spacial score (nSPS) is 53.1. The van der Waals surface area contributed by atoms with Crippen molar-refractivity contribution in [1.82, 2.24) is 0 Å². The molecule has 1 spiro atoms. The molecule has 0 aliphatic heterocycles. The highest BCUT2D eigenvalue weighted by Gasteiger charge is 2.66. The lowest BCUT2D eigenvalue weighted by molar-refractivity contribution is -0.166. The minimum Gasteiger partial charge on any atom is -0.300 e. The van der Waals surface area contributed by atoms with Crippen molar-refractivity contribution in [3.05, 3.63) is 0 Å². The van der Waals surface area contributed by atoms with Crippen LogP contribution in [0.5, 0.6) is 0 Å². The van der Waals surface area contributed by atoms with Gasteiger partial charge in [0.2, 0.25) is 0 Å². The van der Waals surface area contributed by atoms with Crippen LogP contribution in [0.25, 0.3) is 0 Å². The lowest BCUT2D eigenvalue weighted by Gasteiger charge is -2.63. The molecule has 6 atom stereocenters. The Bertz CT molecular complexity index is 548. The Morgan fingerprint density at radius 2 is 1.73 bits per heavy atom. The molecule has 0 radical (unpaired) electrons. The van der Waals surface area contributed by atoms with Gasteiger partial charge in [-0.2, -0.15) is 0 Å². The zero-order valence-electron chi connectivity index (χ0n) is 14.6. The first-order chi connectivity index (χ1) is 10.2. The maximum Gasteiger partial charge on any atom is 0.136 e. The molecule has 2 nitrogen and oxygen atoms in total. The van der Waals surface area contributed by atoms with Gasteiger partial charge < -0.3 is 0 Å². The van der Waals surface area contributed by atoms with E-state index in [-0.39, 0.29) is 10.8 Å². The van der Waals surface area contributed by atoms with E-state index in [4.69, 9.17) is 0 Å². The first-order valence-electron chi connectivity index (χ1n) is 9.22. The Morgan fingerprint density at radius 3 is 2.45 bits per heavy atom. The zero-order chi connectivity index (χ0) is 15.9. The third-order valence-corrected chi connectivity index (χ3v) is 8.30. The third-order valence-electron chi connectivity index (χ3n) is 8.30. The lowest BCUT2D eigenvalue weighted by Crippen LogP contribution is -2.58. The van der Waals surface area contributed by atoms with E-state index in [1.54, 1.807) is 0 Å². The molecule has 22 heavy (non-hydrogen) atoms. The number of carbonyl (C=O) groups is 2. The van der Waals surface area contributed by atoms with Crippen LogP contribution in [0.3, 0.4) is 0 Å². The molecule has 4 aliphatic carbocycles. The lowest BCUT2D eigenvalue weighted by atomic mass is 9.41. The highest BCUT2D eigenvalue weighted by molar-refractivity contribution is 5.84. The van der Waals surface area contributed by atoms with Crippen LogP contribution >= 0.6 is 0 Å². The maximum atomic E-state index is 12.7. The molecular formula is C20H30O2. The number of hydrogen-bond donors (Lipinski definition) is 0. The van der Waals surface area contributed by atoms with Crippen molar-refractivity contribution in [2.45, 2.75) is 72.6 Å². The molecule has 2 bridgehead atoms. The molecule has 0 aromatic rings. The number of hydrogen-bond acceptors (Lipinski definition) is 2. The summed E-state index contributed by atoms with van der Waals surface area (Å²) in [6.45, 7) is 9.22. The first kappa shape index (κ1) is 14.9. The summed E-state index contributed by atoms with van der Waals surface area (Å²) in [5.41, 5.74) is 0.536. The Hall–Kier alpha value is -0.660. The second kappa shape index (κ2) is 4.24. The van der Waals surface area contributed by atoms with E-state index in [1.165, 1.54) is 19.3 Å². The van der Waals surface area contributed by atoms with Crippen LogP contribution in [0.4, 0.5) is 0 Å². The summed E-state index contributed by atoms with van der Waals surface area (Å²) in [4.78, 5) is 25.2. The van der Waals surface area contributed by atoms with Gasteiger partial charge >= 0.3 is 0 Å². The summed E-state index contributed by atoms with van der Waals surface area (Å²) in [7, 11) is 0. The largest absolute Gasteiger partial charge is 0.300 e. The molecule has 0 N–H and O–H groups in total. The van der Waals surface area contributed by atoms with Gasteiger partial charge in [0, 0.05) is 25.2 Å². The van der Waals surface area contributed by atoms with Crippen LogP contribution in [0.15, 0.2) is 0 Å². The van der Waals surface area contributed by atoms with Crippen molar-refractivity contribution in [3.8, 4) is 0 Å².